The molecule has 1 N–H and O–H groups in total. The quantitative estimate of drug-likeness (QED) is 0.733. The van der Waals surface area contributed by atoms with E-state index in [9.17, 15) is 18.0 Å². The summed E-state index contributed by atoms with van der Waals surface area (Å²) in [5, 5.41) is 2.41. The lowest BCUT2D eigenvalue weighted by molar-refractivity contribution is -0.155. The molecule has 1 amide bonds. The number of amides is 1. The van der Waals surface area contributed by atoms with Gasteiger partial charge in [-0.1, -0.05) is 11.6 Å². The Morgan fingerprint density at radius 2 is 1.54 bits per heavy atom. The van der Waals surface area contributed by atoms with Crippen molar-refractivity contribution in [3.05, 3.63) is 10.4 Å². The van der Waals surface area contributed by atoms with Crippen LogP contribution in [0.15, 0.2) is 10.4 Å². The minimum atomic E-state index is -3.66. The van der Waals surface area contributed by atoms with Gasteiger partial charge in [-0.2, -0.15) is 0 Å². The number of esters is 1. The average Bonchev–Trinajstić information content (AvgIpc) is 2.20. The van der Waals surface area contributed by atoms with Gasteiger partial charge in [0.1, 0.15) is 15.6 Å². The number of hydrogen-bond donors (Lipinski definition) is 1. The van der Waals surface area contributed by atoms with E-state index in [4.69, 9.17) is 21.1 Å². The first-order valence-corrected chi connectivity index (χ1v) is 9.55. The van der Waals surface area contributed by atoms with Gasteiger partial charge in [0.25, 0.3) is 0 Å². The Labute approximate surface area is 148 Å². The Morgan fingerprint density at radius 3 is 1.92 bits per heavy atom. The molecule has 0 radical (unpaired) electrons. The van der Waals surface area contributed by atoms with E-state index >= 15 is 0 Å². The number of carbonyl (C=O) groups excluding carboxylic acids is 2. The number of halogens is 1. The van der Waals surface area contributed by atoms with Crippen molar-refractivity contribution in [1.82, 2.24) is 5.32 Å². The second-order valence-corrected chi connectivity index (χ2v) is 9.90. The first kappa shape index (κ1) is 22.7. The van der Waals surface area contributed by atoms with Crippen molar-refractivity contribution in [3.63, 3.8) is 0 Å². The van der Waals surface area contributed by atoms with Gasteiger partial charge in [0.2, 0.25) is 0 Å². The average molecular weight is 384 g/mol. The Balaban J connectivity index is 5.24. The number of alkyl carbamates (subject to hydrolysis) is 1. The summed E-state index contributed by atoms with van der Waals surface area (Å²) < 4.78 is 32.7. The SMILES string of the molecule is CC(C)(C)OC(=O)CC(/C=C(\Cl)S(C)(=O)=O)NC(=O)OC(C)(C)C. The lowest BCUT2D eigenvalue weighted by Gasteiger charge is -2.24. The molecule has 140 valence electrons. The number of ether oxygens (including phenoxy) is 2. The fourth-order valence-electron chi connectivity index (χ4n) is 1.46. The van der Waals surface area contributed by atoms with Crippen LogP contribution >= 0.6 is 11.6 Å². The van der Waals surface area contributed by atoms with Crippen molar-refractivity contribution in [1.29, 1.82) is 0 Å². The standard InChI is InChI=1S/C15H26ClNO6S/c1-14(2,3)22-12(18)9-10(8-11(16)24(7,20)21)17-13(19)23-15(4,5)6/h8,10H,9H2,1-7H3,(H,17,19)/b11-8+. The molecule has 0 saturated carbocycles. The lowest BCUT2D eigenvalue weighted by atomic mass is 10.1. The third-order valence-corrected chi connectivity index (χ3v) is 4.01. The zero-order chi connectivity index (χ0) is 19.3. The molecule has 0 saturated heterocycles. The topological polar surface area (TPSA) is 98.8 Å². The number of rotatable bonds is 5. The Bertz CT molecular complexity index is 568. The van der Waals surface area contributed by atoms with Gasteiger partial charge in [-0.3, -0.25) is 4.79 Å². The molecular weight excluding hydrogens is 358 g/mol. The van der Waals surface area contributed by atoms with E-state index in [1.807, 2.05) is 0 Å². The van der Waals surface area contributed by atoms with Crippen molar-refractivity contribution >= 4 is 33.5 Å². The molecule has 24 heavy (non-hydrogen) atoms. The van der Waals surface area contributed by atoms with Gasteiger partial charge in [0.15, 0.2) is 9.84 Å². The molecule has 0 aromatic heterocycles. The van der Waals surface area contributed by atoms with Crippen LogP contribution in [-0.2, 0) is 24.1 Å². The van der Waals surface area contributed by atoms with Gasteiger partial charge in [0, 0.05) is 6.26 Å². The molecule has 0 aliphatic rings. The van der Waals surface area contributed by atoms with Crippen LogP contribution in [-0.4, -0.2) is 44.0 Å². The predicted molar refractivity (Wildman–Crippen MR) is 92.4 cm³/mol. The molecule has 0 aliphatic carbocycles. The minimum Gasteiger partial charge on any atom is -0.460 e. The summed E-state index contributed by atoms with van der Waals surface area (Å²) in [6.45, 7) is 10.1. The summed E-state index contributed by atoms with van der Waals surface area (Å²) in [4.78, 5) is 23.8. The molecule has 9 heteroatoms. The molecule has 0 aliphatic heterocycles. The smallest absolute Gasteiger partial charge is 0.408 e. The second kappa shape index (κ2) is 8.20. The zero-order valence-corrected chi connectivity index (χ0v) is 16.7. The predicted octanol–water partition coefficient (Wildman–Crippen LogP) is 2.74. The van der Waals surface area contributed by atoms with Gasteiger partial charge in [0.05, 0.1) is 12.5 Å². The summed E-state index contributed by atoms with van der Waals surface area (Å²) in [6, 6.07) is -0.989. The maximum atomic E-state index is 11.9. The Morgan fingerprint density at radius 1 is 1.08 bits per heavy atom. The van der Waals surface area contributed by atoms with Crippen molar-refractivity contribution in [2.45, 2.75) is 65.2 Å². The first-order chi connectivity index (χ1) is 10.5. The van der Waals surface area contributed by atoms with Crippen LogP contribution in [0.1, 0.15) is 48.0 Å². The van der Waals surface area contributed by atoms with Gasteiger partial charge in [-0.25, -0.2) is 13.2 Å². The number of sulfone groups is 1. The lowest BCUT2D eigenvalue weighted by Crippen LogP contribution is -2.40. The maximum Gasteiger partial charge on any atom is 0.408 e. The number of hydrogen-bond acceptors (Lipinski definition) is 6. The molecule has 0 bridgehead atoms. The largest absolute Gasteiger partial charge is 0.460 e. The molecule has 0 fully saturated rings. The number of carbonyl (C=O) groups is 2. The molecule has 0 heterocycles. The van der Waals surface area contributed by atoms with E-state index in [-0.39, 0.29) is 6.42 Å². The molecule has 0 spiro atoms. The second-order valence-electron chi connectivity index (χ2n) is 7.29. The molecule has 0 aromatic carbocycles. The van der Waals surface area contributed by atoms with E-state index in [1.54, 1.807) is 41.5 Å². The summed E-state index contributed by atoms with van der Waals surface area (Å²) in [6.07, 6.45) is 0.905. The summed E-state index contributed by atoms with van der Waals surface area (Å²) in [7, 11) is -3.66. The number of nitrogens with one attached hydrogen (secondary N) is 1. The fraction of sp³-hybridized carbons (Fsp3) is 0.733. The summed E-state index contributed by atoms with van der Waals surface area (Å²) in [5.74, 6) is -0.613. The molecule has 7 nitrogen and oxygen atoms in total. The highest BCUT2D eigenvalue weighted by atomic mass is 35.5. The van der Waals surface area contributed by atoms with Crippen molar-refractivity contribution in [3.8, 4) is 0 Å². The Hall–Kier alpha value is -1.28. The van der Waals surface area contributed by atoms with Crippen LogP contribution < -0.4 is 5.32 Å². The van der Waals surface area contributed by atoms with Crippen molar-refractivity contribution in [2.75, 3.05) is 6.26 Å². The van der Waals surface area contributed by atoms with E-state index < -0.39 is 43.5 Å². The summed E-state index contributed by atoms with van der Waals surface area (Å²) in [5.41, 5.74) is -1.46. The highest BCUT2D eigenvalue weighted by Crippen LogP contribution is 2.15. The highest BCUT2D eigenvalue weighted by Gasteiger charge is 2.24. The molecule has 1 unspecified atom stereocenters. The van der Waals surface area contributed by atoms with Crippen LogP contribution in [0.25, 0.3) is 0 Å². The van der Waals surface area contributed by atoms with E-state index in [1.165, 1.54) is 0 Å². The van der Waals surface area contributed by atoms with Crippen LogP contribution in [0.3, 0.4) is 0 Å². The van der Waals surface area contributed by atoms with Gasteiger partial charge >= 0.3 is 12.1 Å². The van der Waals surface area contributed by atoms with E-state index in [0.717, 1.165) is 12.3 Å². The Kier molecular flexibility index (Phi) is 7.76. The van der Waals surface area contributed by atoms with E-state index in [0.29, 0.717) is 0 Å². The van der Waals surface area contributed by atoms with Crippen LogP contribution in [0.2, 0.25) is 0 Å². The zero-order valence-electron chi connectivity index (χ0n) is 15.1. The fourth-order valence-corrected chi connectivity index (χ4v) is 2.02. The molecule has 0 rings (SSSR count). The molecule has 1 atom stereocenters. The first-order valence-electron chi connectivity index (χ1n) is 7.28. The van der Waals surface area contributed by atoms with Crippen LogP contribution in [0.5, 0.6) is 0 Å². The van der Waals surface area contributed by atoms with Gasteiger partial charge in [-0.05, 0) is 47.6 Å². The van der Waals surface area contributed by atoms with E-state index in [2.05, 4.69) is 5.32 Å². The highest BCUT2D eigenvalue weighted by molar-refractivity contribution is 7.96. The third kappa shape index (κ3) is 11.3. The monoisotopic (exact) mass is 383 g/mol. The van der Waals surface area contributed by atoms with Crippen molar-refractivity contribution in [2.24, 2.45) is 0 Å². The van der Waals surface area contributed by atoms with Gasteiger partial charge < -0.3 is 14.8 Å². The maximum absolute atomic E-state index is 11.9. The van der Waals surface area contributed by atoms with Crippen LogP contribution in [0, 0.1) is 0 Å². The van der Waals surface area contributed by atoms with Crippen LogP contribution in [0.4, 0.5) is 4.79 Å². The normalized spacial score (nSPS) is 14.8. The molecule has 0 aromatic rings. The molecular formula is C15H26ClNO6S. The summed E-state index contributed by atoms with van der Waals surface area (Å²) >= 11 is 5.71. The minimum absolute atomic E-state index is 0.289. The van der Waals surface area contributed by atoms with Gasteiger partial charge in [-0.15, -0.1) is 0 Å². The third-order valence-electron chi connectivity index (χ3n) is 2.20. The van der Waals surface area contributed by atoms with Crippen molar-refractivity contribution < 1.29 is 27.5 Å².